The van der Waals surface area contributed by atoms with Gasteiger partial charge in [-0.05, 0) is 11.6 Å². The van der Waals surface area contributed by atoms with Gasteiger partial charge in [0.1, 0.15) is 0 Å². The molecule has 0 fully saturated rings. The van der Waals surface area contributed by atoms with Crippen LogP contribution >= 0.6 is 0 Å². The van der Waals surface area contributed by atoms with Crippen molar-refractivity contribution >= 4 is 16.8 Å². The molecule has 2 N–H and O–H groups in total. The van der Waals surface area contributed by atoms with Crippen molar-refractivity contribution in [2.45, 2.75) is 6.61 Å². The monoisotopic (exact) mass is 266 g/mol. The van der Waals surface area contributed by atoms with Crippen LogP contribution in [0.3, 0.4) is 0 Å². The van der Waals surface area contributed by atoms with E-state index in [1.54, 1.807) is 6.20 Å². The molecule has 0 aliphatic heterocycles. The van der Waals surface area contributed by atoms with Gasteiger partial charge >= 0.3 is 0 Å². The first-order chi connectivity index (χ1) is 9.84. The number of aromatic nitrogens is 1. The molecule has 0 unspecified atom stereocenters. The summed E-state index contributed by atoms with van der Waals surface area (Å²) in [6, 6.07) is 17.3. The summed E-state index contributed by atoms with van der Waals surface area (Å²) in [6.45, 7) is 0.342. The zero-order valence-electron chi connectivity index (χ0n) is 10.8. The molecule has 0 spiro atoms. The lowest BCUT2D eigenvalue weighted by atomic mass is 10.2. The number of rotatable bonds is 4. The Bertz CT molecular complexity index is 719. The molecule has 0 atom stereocenters. The molecule has 0 aliphatic rings. The van der Waals surface area contributed by atoms with Crippen molar-refractivity contribution in [1.82, 2.24) is 10.5 Å². The summed E-state index contributed by atoms with van der Waals surface area (Å²) in [5.41, 5.74) is 4.98. The first-order valence-corrected chi connectivity index (χ1v) is 6.37. The summed E-state index contributed by atoms with van der Waals surface area (Å²) in [7, 11) is 0. The van der Waals surface area contributed by atoms with Gasteiger partial charge < -0.3 is 4.98 Å². The van der Waals surface area contributed by atoms with E-state index >= 15 is 0 Å². The SMILES string of the molecule is O=C(NOCc1ccccc1)c1c[nH]c2ccccc12. The second-order valence-electron chi connectivity index (χ2n) is 4.45. The zero-order chi connectivity index (χ0) is 13.8. The molecule has 1 amide bonds. The molecule has 20 heavy (non-hydrogen) atoms. The number of para-hydroxylation sites is 1. The van der Waals surface area contributed by atoms with Crippen molar-refractivity contribution in [3.63, 3.8) is 0 Å². The number of H-pyrrole nitrogens is 1. The molecule has 1 heterocycles. The topological polar surface area (TPSA) is 54.1 Å². The van der Waals surface area contributed by atoms with Crippen molar-refractivity contribution < 1.29 is 9.63 Å². The van der Waals surface area contributed by atoms with Crippen molar-refractivity contribution in [1.29, 1.82) is 0 Å². The second kappa shape index (κ2) is 5.59. The summed E-state index contributed by atoms with van der Waals surface area (Å²) in [4.78, 5) is 20.4. The number of benzene rings is 2. The number of amides is 1. The van der Waals surface area contributed by atoms with Gasteiger partial charge in [-0.15, -0.1) is 0 Å². The molecule has 100 valence electrons. The van der Waals surface area contributed by atoms with Crippen LogP contribution in [0.4, 0.5) is 0 Å². The predicted octanol–water partition coefficient (Wildman–Crippen LogP) is 3.03. The summed E-state index contributed by atoms with van der Waals surface area (Å²) in [6.07, 6.45) is 1.69. The molecule has 1 aromatic heterocycles. The van der Waals surface area contributed by atoms with E-state index in [0.717, 1.165) is 16.5 Å². The number of carbonyl (C=O) groups is 1. The van der Waals surface area contributed by atoms with Gasteiger partial charge in [-0.3, -0.25) is 9.63 Å². The van der Waals surface area contributed by atoms with Crippen molar-refractivity contribution in [3.05, 3.63) is 71.9 Å². The van der Waals surface area contributed by atoms with Crippen LogP contribution < -0.4 is 5.48 Å². The molecular weight excluding hydrogens is 252 g/mol. The fourth-order valence-electron chi connectivity index (χ4n) is 2.07. The number of hydroxylamine groups is 1. The zero-order valence-corrected chi connectivity index (χ0v) is 10.8. The minimum Gasteiger partial charge on any atom is -0.360 e. The molecule has 0 aliphatic carbocycles. The summed E-state index contributed by atoms with van der Waals surface area (Å²) in [5, 5.41) is 0.883. The van der Waals surface area contributed by atoms with Crippen LogP contribution in [0.15, 0.2) is 60.8 Å². The van der Waals surface area contributed by atoms with Crippen molar-refractivity contribution in [3.8, 4) is 0 Å². The molecule has 0 saturated carbocycles. The van der Waals surface area contributed by atoms with Gasteiger partial charge in [0.2, 0.25) is 0 Å². The molecule has 4 nitrogen and oxygen atoms in total. The first kappa shape index (κ1) is 12.4. The number of hydrogen-bond donors (Lipinski definition) is 2. The highest BCUT2D eigenvalue weighted by Gasteiger charge is 2.11. The number of aromatic amines is 1. The largest absolute Gasteiger partial charge is 0.360 e. The van der Waals surface area contributed by atoms with E-state index in [2.05, 4.69) is 10.5 Å². The third kappa shape index (κ3) is 2.55. The highest BCUT2D eigenvalue weighted by Crippen LogP contribution is 2.17. The maximum Gasteiger partial charge on any atom is 0.277 e. The molecule has 2 aromatic carbocycles. The molecule has 0 bridgehead atoms. The van der Waals surface area contributed by atoms with E-state index in [1.165, 1.54) is 0 Å². The smallest absolute Gasteiger partial charge is 0.277 e. The Morgan fingerprint density at radius 3 is 2.65 bits per heavy atom. The van der Waals surface area contributed by atoms with Gasteiger partial charge in [-0.1, -0.05) is 48.5 Å². The third-order valence-corrected chi connectivity index (χ3v) is 3.08. The Morgan fingerprint density at radius 2 is 1.80 bits per heavy atom. The van der Waals surface area contributed by atoms with Crippen LogP contribution in [0.1, 0.15) is 15.9 Å². The minimum atomic E-state index is -0.251. The fourth-order valence-corrected chi connectivity index (χ4v) is 2.07. The van der Waals surface area contributed by atoms with Gasteiger partial charge in [0, 0.05) is 17.1 Å². The Kier molecular flexibility index (Phi) is 3.48. The standard InChI is InChI=1S/C16H14N2O2/c19-16(18-20-11-12-6-2-1-3-7-12)14-10-17-15-9-5-4-8-13(14)15/h1-10,17H,11H2,(H,18,19). The Labute approximate surface area is 116 Å². The van der Waals surface area contributed by atoms with Crippen molar-refractivity contribution in [2.75, 3.05) is 0 Å². The average Bonchev–Trinajstić information content (AvgIpc) is 2.92. The average molecular weight is 266 g/mol. The Morgan fingerprint density at radius 1 is 1.05 bits per heavy atom. The van der Waals surface area contributed by atoms with E-state index in [0.29, 0.717) is 12.2 Å². The van der Waals surface area contributed by atoms with E-state index in [-0.39, 0.29) is 5.91 Å². The van der Waals surface area contributed by atoms with E-state index in [1.807, 2.05) is 54.6 Å². The minimum absolute atomic E-state index is 0.251. The summed E-state index contributed by atoms with van der Waals surface area (Å²) >= 11 is 0. The lowest BCUT2D eigenvalue weighted by Crippen LogP contribution is -2.23. The lowest BCUT2D eigenvalue weighted by Gasteiger charge is -2.05. The molecule has 3 aromatic rings. The number of fused-ring (bicyclic) bond motifs is 1. The van der Waals surface area contributed by atoms with Crippen LogP contribution in [0.25, 0.3) is 10.9 Å². The van der Waals surface area contributed by atoms with Crippen LogP contribution in [0, 0.1) is 0 Å². The highest BCUT2D eigenvalue weighted by atomic mass is 16.6. The van der Waals surface area contributed by atoms with Gasteiger partial charge in [0.25, 0.3) is 5.91 Å². The normalized spacial score (nSPS) is 10.6. The quantitative estimate of drug-likeness (QED) is 0.713. The van der Waals surface area contributed by atoms with Crippen LogP contribution in [0.5, 0.6) is 0 Å². The Hall–Kier alpha value is -2.59. The van der Waals surface area contributed by atoms with Gasteiger partial charge in [0.15, 0.2) is 0 Å². The summed E-state index contributed by atoms with van der Waals surface area (Å²) in [5.74, 6) is -0.251. The molecule has 0 radical (unpaired) electrons. The molecule has 3 rings (SSSR count). The predicted molar refractivity (Wildman–Crippen MR) is 77.0 cm³/mol. The number of carbonyl (C=O) groups excluding carboxylic acids is 1. The van der Waals surface area contributed by atoms with Crippen molar-refractivity contribution in [2.24, 2.45) is 0 Å². The molecule has 4 heteroatoms. The van der Waals surface area contributed by atoms with E-state index < -0.39 is 0 Å². The fraction of sp³-hybridized carbons (Fsp3) is 0.0625. The van der Waals surface area contributed by atoms with Crippen LogP contribution in [-0.2, 0) is 11.4 Å². The van der Waals surface area contributed by atoms with Gasteiger partial charge in [-0.2, -0.15) is 0 Å². The van der Waals surface area contributed by atoms with Crippen LogP contribution in [-0.4, -0.2) is 10.9 Å². The Balaban J connectivity index is 1.65. The molecule has 0 saturated heterocycles. The number of hydrogen-bond acceptors (Lipinski definition) is 2. The first-order valence-electron chi connectivity index (χ1n) is 6.37. The molecular formula is C16H14N2O2. The second-order valence-corrected chi connectivity index (χ2v) is 4.45. The van der Waals surface area contributed by atoms with E-state index in [9.17, 15) is 4.79 Å². The third-order valence-electron chi connectivity index (χ3n) is 3.08. The van der Waals surface area contributed by atoms with Gasteiger partial charge in [0.05, 0.1) is 12.2 Å². The van der Waals surface area contributed by atoms with Gasteiger partial charge in [-0.25, -0.2) is 5.48 Å². The number of nitrogens with one attached hydrogen (secondary N) is 2. The maximum atomic E-state index is 12.1. The van der Waals surface area contributed by atoms with E-state index in [4.69, 9.17) is 4.84 Å². The maximum absolute atomic E-state index is 12.1. The van der Waals surface area contributed by atoms with Crippen LogP contribution in [0.2, 0.25) is 0 Å². The highest BCUT2D eigenvalue weighted by molar-refractivity contribution is 6.06. The lowest BCUT2D eigenvalue weighted by molar-refractivity contribution is 0.0235. The summed E-state index contributed by atoms with van der Waals surface area (Å²) < 4.78 is 0.